The summed E-state index contributed by atoms with van der Waals surface area (Å²) in [5.74, 6) is 0.00614. The lowest BCUT2D eigenvalue weighted by Gasteiger charge is -2.34. The van der Waals surface area contributed by atoms with E-state index in [1.54, 1.807) is 6.07 Å². The first kappa shape index (κ1) is 17.8. The molecule has 1 aliphatic heterocycles. The molecule has 2 heterocycles. The maximum atomic E-state index is 13.0. The van der Waals surface area contributed by atoms with Gasteiger partial charge in [-0.1, -0.05) is 59.6 Å². The van der Waals surface area contributed by atoms with Crippen molar-refractivity contribution < 1.29 is 4.79 Å². The smallest absolute Gasteiger partial charge is 0.265 e. The number of fused-ring (bicyclic) bond motifs is 1. The predicted octanol–water partition coefficient (Wildman–Crippen LogP) is 5.17. The molecule has 0 N–H and O–H groups in total. The lowest BCUT2D eigenvalue weighted by atomic mass is 10.2. The highest BCUT2D eigenvalue weighted by atomic mass is 35.5. The van der Waals surface area contributed by atoms with Gasteiger partial charge in [0, 0.05) is 42.8 Å². The number of halogens is 2. The molecule has 0 unspecified atom stereocenters. The van der Waals surface area contributed by atoms with Crippen molar-refractivity contribution in [2.75, 3.05) is 26.2 Å². The molecule has 0 saturated carbocycles. The number of amides is 1. The van der Waals surface area contributed by atoms with Crippen molar-refractivity contribution in [1.29, 1.82) is 0 Å². The zero-order valence-electron chi connectivity index (χ0n) is 14.1. The molecule has 1 amide bonds. The summed E-state index contributed by atoms with van der Waals surface area (Å²) in [5, 5.41) is 1.86. The topological polar surface area (TPSA) is 23.6 Å². The Labute approximate surface area is 166 Å². The molecule has 26 heavy (non-hydrogen) atoms. The summed E-state index contributed by atoms with van der Waals surface area (Å²) in [6.07, 6.45) is 0. The quantitative estimate of drug-likeness (QED) is 0.601. The fourth-order valence-corrected chi connectivity index (χ4v) is 5.22. The molecule has 1 aliphatic rings. The van der Waals surface area contributed by atoms with Gasteiger partial charge in [0.25, 0.3) is 5.91 Å². The highest BCUT2D eigenvalue weighted by Gasteiger charge is 2.26. The zero-order chi connectivity index (χ0) is 18.1. The van der Waals surface area contributed by atoms with Gasteiger partial charge in [-0.05, 0) is 17.7 Å². The van der Waals surface area contributed by atoms with Crippen molar-refractivity contribution in [2.24, 2.45) is 0 Å². The van der Waals surface area contributed by atoms with Crippen molar-refractivity contribution >= 4 is 50.5 Å². The van der Waals surface area contributed by atoms with Crippen LogP contribution in [-0.2, 0) is 6.54 Å². The Morgan fingerprint density at radius 1 is 0.962 bits per heavy atom. The van der Waals surface area contributed by atoms with Crippen LogP contribution in [0.15, 0.2) is 48.5 Å². The van der Waals surface area contributed by atoms with E-state index in [0.717, 1.165) is 29.7 Å². The van der Waals surface area contributed by atoms with E-state index in [9.17, 15) is 4.79 Å². The molecule has 0 atom stereocenters. The van der Waals surface area contributed by atoms with Crippen LogP contribution < -0.4 is 0 Å². The van der Waals surface area contributed by atoms with Gasteiger partial charge in [0.15, 0.2) is 0 Å². The average molecular weight is 405 g/mol. The first-order chi connectivity index (χ1) is 12.6. The van der Waals surface area contributed by atoms with Gasteiger partial charge < -0.3 is 4.90 Å². The minimum atomic E-state index is 0.00614. The average Bonchev–Trinajstić information content (AvgIpc) is 3.01. The Morgan fingerprint density at radius 2 is 1.69 bits per heavy atom. The number of carbonyl (C=O) groups is 1. The second kappa shape index (κ2) is 7.57. The summed E-state index contributed by atoms with van der Waals surface area (Å²) < 4.78 is 0.952. The van der Waals surface area contributed by atoms with Crippen LogP contribution in [0.4, 0.5) is 0 Å². The fourth-order valence-electron chi connectivity index (χ4n) is 3.30. The van der Waals surface area contributed by atoms with Crippen LogP contribution in [0.3, 0.4) is 0 Å². The van der Waals surface area contributed by atoms with E-state index >= 15 is 0 Å². The first-order valence-corrected chi connectivity index (χ1v) is 10.1. The first-order valence-electron chi connectivity index (χ1n) is 8.55. The third-order valence-electron chi connectivity index (χ3n) is 4.71. The van der Waals surface area contributed by atoms with Crippen LogP contribution >= 0.6 is 34.5 Å². The molecule has 1 fully saturated rings. The molecular weight excluding hydrogens is 387 g/mol. The number of carbonyl (C=O) groups excluding carboxylic acids is 1. The van der Waals surface area contributed by atoms with Crippen LogP contribution in [0.1, 0.15) is 15.2 Å². The normalized spacial score (nSPS) is 15.5. The molecule has 2 aromatic carbocycles. The Morgan fingerprint density at radius 3 is 2.38 bits per heavy atom. The fraction of sp³-hybridized carbons (Fsp3) is 0.250. The molecule has 3 aromatic rings. The third-order valence-corrected chi connectivity index (χ3v) is 6.66. The Bertz CT molecular complexity index is 934. The van der Waals surface area contributed by atoms with Crippen molar-refractivity contribution in [3.8, 4) is 0 Å². The van der Waals surface area contributed by atoms with Gasteiger partial charge in [0.1, 0.15) is 4.88 Å². The van der Waals surface area contributed by atoms with E-state index in [2.05, 4.69) is 29.2 Å². The lowest BCUT2D eigenvalue weighted by Crippen LogP contribution is -2.48. The molecule has 134 valence electrons. The SMILES string of the molecule is O=C(c1sc2cccc(Cl)c2c1Cl)N1CCN(Cc2ccccc2)CC1. The molecule has 0 aliphatic carbocycles. The van der Waals surface area contributed by atoms with Crippen molar-refractivity contribution in [2.45, 2.75) is 6.54 Å². The van der Waals surface area contributed by atoms with E-state index in [0.29, 0.717) is 28.0 Å². The van der Waals surface area contributed by atoms with E-state index in [1.807, 2.05) is 23.1 Å². The minimum Gasteiger partial charge on any atom is -0.335 e. The Balaban J connectivity index is 1.46. The van der Waals surface area contributed by atoms with Gasteiger partial charge >= 0.3 is 0 Å². The van der Waals surface area contributed by atoms with Gasteiger partial charge in [-0.3, -0.25) is 9.69 Å². The van der Waals surface area contributed by atoms with E-state index < -0.39 is 0 Å². The molecule has 3 nitrogen and oxygen atoms in total. The number of hydrogen-bond donors (Lipinski definition) is 0. The van der Waals surface area contributed by atoms with Crippen LogP contribution in [0.2, 0.25) is 10.0 Å². The number of rotatable bonds is 3. The van der Waals surface area contributed by atoms with Crippen LogP contribution in [0.25, 0.3) is 10.1 Å². The number of nitrogens with zero attached hydrogens (tertiary/aromatic N) is 2. The lowest BCUT2D eigenvalue weighted by molar-refractivity contribution is 0.0633. The van der Waals surface area contributed by atoms with Crippen LogP contribution in [-0.4, -0.2) is 41.9 Å². The summed E-state index contributed by atoms with van der Waals surface area (Å²) >= 11 is 14.2. The summed E-state index contributed by atoms with van der Waals surface area (Å²) in [6, 6.07) is 16.1. The van der Waals surface area contributed by atoms with Gasteiger partial charge in [-0.2, -0.15) is 0 Å². The summed E-state index contributed by atoms with van der Waals surface area (Å²) in [5.41, 5.74) is 1.30. The second-order valence-electron chi connectivity index (χ2n) is 6.41. The van der Waals surface area contributed by atoms with Gasteiger partial charge in [-0.25, -0.2) is 0 Å². The van der Waals surface area contributed by atoms with Crippen molar-refractivity contribution in [3.05, 3.63) is 69.0 Å². The molecule has 0 spiro atoms. The maximum absolute atomic E-state index is 13.0. The number of benzene rings is 2. The van der Waals surface area contributed by atoms with Crippen molar-refractivity contribution in [3.63, 3.8) is 0 Å². The van der Waals surface area contributed by atoms with E-state index in [-0.39, 0.29) is 5.91 Å². The minimum absolute atomic E-state index is 0.00614. The summed E-state index contributed by atoms with van der Waals surface area (Å²) in [6.45, 7) is 4.07. The van der Waals surface area contributed by atoms with E-state index in [1.165, 1.54) is 16.9 Å². The van der Waals surface area contributed by atoms with Crippen LogP contribution in [0.5, 0.6) is 0 Å². The Hall–Kier alpha value is -1.59. The van der Waals surface area contributed by atoms with Gasteiger partial charge in [-0.15, -0.1) is 11.3 Å². The molecule has 6 heteroatoms. The maximum Gasteiger partial charge on any atom is 0.265 e. The number of thiophene rings is 1. The highest BCUT2D eigenvalue weighted by Crippen LogP contribution is 2.40. The van der Waals surface area contributed by atoms with E-state index in [4.69, 9.17) is 23.2 Å². The molecule has 1 saturated heterocycles. The number of hydrogen-bond acceptors (Lipinski definition) is 3. The molecular formula is C20H18Cl2N2OS. The summed E-state index contributed by atoms with van der Waals surface area (Å²) in [7, 11) is 0. The Kier molecular flexibility index (Phi) is 5.18. The predicted molar refractivity (Wildman–Crippen MR) is 109 cm³/mol. The molecule has 1 aromatic heterocycles. The molecule has 0 bridgehead atoms. The van der Waals surface area contributed by atoms with Gasteiger partial charge in [0.2, 0.25) is 0 Å². The molecule has 0 radical (unpaired) electrons. The third kappa shape index (κ3) is 3.47. The standard InChI is InChI=1S/C20H18Cl2N2OS/c21-15-7-4-8-16-17(15)18(22)19(26-16)20(25)24-11-9-23(10-12-24)13-14-5-2-1-3-6-14/h1-8H,9-13H2. The largest absolute Gasteiger partial charge is 0.335 e. The second-order valence-corrected chi connectivity index (χ2v) is 8.25. The van der Waals surface area contributed by atoms with Gasteiger partial charge in [0.05, 0.1) is 10.0 Å². The highest BCUT2D eigenvalue weighted by molar-refractivity contribution is 7.21. The number of piperazine rings is 1. The summed E-state index contributed by atoms with van der Waals surface area (Å²) in [4.78, 5) is 17.8. The molecule has 4 rings (SSSR count). The monoisotopic (exact) mass is 404 g/mol. The van der Waals surface area contributed by atoms with Crippen LogP contribution in [0, 0.1) is 0 Å². The zero-order valence-corrected chi connectivity index (χ0v) is 16.4. The van der Waals surface area contributed by atoms with Crippen molar-refractivity contribution in [1.82, 2.24) is 9.80 Å².